The van der Waals surface area contributed by atoms with Crippen molar-refractivity contribution in [2.75, 3.05) is 0 Å². The van der Waals surface area contributed by atoms with E-state index in [1.54, 1.807) is 0 Å². The molecule has 0 aliphatic heterocycles. The Bertz CT molecular complexity index is 852. The summed E-state index contributed by atoms with van der Waals surface area (Å²) in [6, 6.07) is 10.5. The first-order valence-electron chi connectivity index (χ1n) is 11.1. The topological polar surface area (TPSA) is 57.5 Å². The highest BCUT2D eigenvalue weighted by atomic mass is 16.4. The molecule has 0 radical (unpaired) electrons. The summed E-state index contributed by atoms with van der Waals surface area (Å²) in [6.07, 6.45) is 7.09. The second kappa shape index (κ2) is 7.12. The molecule has 1 saturated carbocycles. The number of carboxylic acid groups (broad SMARTS) is 1. The second-order valence-corrected chi connectivity index (χ2v) is 10.2. The van der Waals surface area contributed by atoms with Gasteiger partial charge in [0.15, 0.2) is 0 Å². The summed E-state index contributed by atoms with van der Waals surface area (Å²) in [5.74, 6) is -0.0410. The van der Waals surface area contributed by atoms with E-state index in [9.17, 15) is 15.0 Å². The third-order valence-electron chi connectivity index (χ3n) is 8.42. The summed E-state index contributed by atoms with van der Waals surface area (Å²) in [4.78, 5) is 12.4. The third-order valence-corrected chi connectivity index (χ3v) is 8.42. The van der Waals surface area contributed by atoms with Crippen molar-refractivity contribution in [1.82, 2.24) is 0 Å². The highest BCUT2D eigenvalue weighted by Crippen LogP contribution is 2.66. The summed E-state index contributed by atoms with van der Waals surface area (Å²) >= 11 is 0. The van der Waals surface area contributed by atoms with E-state index >= 15 is 0 Å². The molecule has 0 saturated heterocycles. The van der Waals surface area contributed by atoms with E-state index in [1.165, 1.54) is 16.7 Å². The quantitative estimate of drug-likeness (QED) is 0.704. The van der Waals surface area contributed by atoms with E-state index in [0.717, 1.165) is 19.3 Å². The molecule has 1 aromatic rings. The third kappa shape index (κ3) is 3.01. The van der Waals surface area contributed by atoms with E-state index in [1.807, 2.05) is 19.1 Å². The van der Waals surface area contributed by atoms with Gasteiger partial charge in [-0.1, -0.05) is 68.8 Å². The van der Waals surface area contributed by atoms with Gasteiger partial charge in [0.2, 0.25) is 0 Å². The van der Waals surface area contributed by atoms with Crippen LogP contribution in [0.5, 0.6) is 0 Å². The van der Waals surface area contributed by atoms with E-state index in [4.69, 9.17) is 0 Å². The van der Waals surface area contributed by atoms with Crippen LogP contribution in [0.3, 0.4) is 0 Å². The van der Waals surface area contributed by atoms with Crippen LogP contribution in [0.15, 0.2) is 53.6 Å². The van der Waals surface area contributed by atoms with Crippen molar-refractivity contribution < 1.29 is 15.0 Å². The van der Waals surface area contributed by atoms with Crippen LogP contribution in [0.4, 0.5) is 0 Å². The number of allylic oxidation sites excluding steroid dienone is 3. The number of benzene rings is 1. The highest BCUT2D eigenvalue weighted by Gasteiger charge is 2.63. The number of rotatable bonds is 3. The van der Waals surface area contributed by atoms with Gasteiger partial charge in [-0.15, -0.1) is 0 Å². The fourth-order valence-corrected chi connectivity index (χ4v) is 6.92. The molecule has 3 heteroatoms. The Morgan fingerprint density at radius 3 is 2.41 bits per heavy atom. The Labute approximate surface area is 174 Å². The average molecular weight is 395 g/mol. The molecule has 0 amide bonds. The van der Waals surface area contributed by atoms with E-state index < -0.39 is 17.5 Å². The maximum atomic E-state index is 12.4. The van der Waals surface area contributed by atoms with Crippen molar-refractivity contribution in [2.24, 2.45) is 28.6 Å². The molecule has 1 aromatic carbocycles. The number of aliphatic hydroxyl groups is 1. The standard InChI is InChI=1S/C26H34O3/c1-16(2)18-10-11-20-19(14-18)15-22(27)23-25(3,24(28)29)13-12-21(26(20,23)4)17-8-6-5-7-9-17/h5-9,14-16,20-23,27H,10-13H2,1-4H3,(H,28,29)/t20-,21?,22?,23-,25+,26-/m0/s1. The molecule has 4 rings (SSSR count). The molecule has 6 atom stereocenters. The Hall–Kier alpha value is -1.87. The number of fused-ring (bicyclic) bond motifs is 3. The number of carboxylic acids is 1. The minimum atomic E-state index is -0.913. The van der Waals surface area contributed by atoms with Crippen LogP contribution in [-0.4, -0.2) is 22.3 Å². The zero-order valence-corrected chi connectivity index (χ0v) is 18.1. The molecule has 1 fully saturated rings. The molecular weight excluding hydrogens is 360 g/mol. The lowest BCUT2D eigenvalue weighted by Gasteiger charge is -2.61. The molecule has 156 valence electrons. The maximum Gasteiger partial charge on any atom is 0.309 e. The van der Waals surface area contributed by atoms with Gasteiger partial charge in [-0.05, 0) is 66.9 Å². The Kier molecular flexibility index (Phi) is 5.01. The summed E-state index contributed by atoms with van der Waals surface area (Å²) in [6.45, 7) is 8.58. The number of hydrogen-bond donors (Lipinski definition) is 2. The molecule has 0 heterocycles. The Balaban J connectivity index is 1.89. The van der Waals surface area contributed by atoms with Gasteiger partial charge in [0.05, 0.1) is 11.5 Å². The second-order valence-electron chi connectivity index (χ2n) is 10.2. The van der Waals surface area contributed by atoms with Gasteiger partial charge in [-0.3, -0.25) is 4.79 Å². The highest BCUT2D eigenvalue weighted by molar-refractivity contribution is 5.75. The first kappa shape index (κ1) is 20.4. The normalized spacial score (nSPS) is 39.2. The maximum absolute atomic E-state index is 12.4. The zero-order chi connectivity index (χ0) is 21.0. The van der Waals surface area contributed by atoms with Gasteiger partial charge >= 0.3 is 5.97 Å². The minimum Gasteiger partial charge on any atom is -0.481 e. The molecule has 2 N–H and O–H groups in total. The van der Waals surface area contributed by atoms with Crippen LogP contribution in [0, 0.1) is 28.6 Å². The van der Waals surface area contributed by atoms with Gasteiger partial charge in [0, 0.05) is 5.92 Å². The van der Waals surface area contributed by atoms with Gasteiger partial charge in [0.25, 0.3) is 0 Å². The predicted octanol–water partition coefficient (Wildman–Crippen LogP) is 5.57. The summed E-state index contributed by atoms with van der Waals surface area (Å²) in [7, 11) is 0. The lowest BCUT2D eigenvalue weighted by atomic mass is 9.42. The van der Waals surface area contributed by atoms with E-state index in [2.05, 4.69) is 51.1 Å². The molecule has 3 nitrogen and oxygen atoms in total. The monoisotopic (exact) mass is 394 g/mol. The molecule has 0 aromatic heterocycles. The average Bonchev–Trinajstić information content (AvgIpc) is 2.68. The number of aliphatic carboxylic acids is 1. The first-order valence-corrected chi connectivity index (χ1v) is 11.1. The lowest BCUT2D eigenvalue weighted by molar-refractivity contribution is -0.174. The van der Waals surface area contributed by atoms with Crippen LogP contribution < -0.4 is 0 Å². The van der Waals surface area contributed by atoms with Crippen LogP contribution in [0.1, 0.15) is 64.9 Å². The first-order chi connectivity index (χ1) is 13.7. The van der Waals surface area contributed by atoms with E-state index in [0.29, 0.717) is 12.3 Å². The SMILES string of the molecule is CC(C)C1=CC2=CC(O)[C@@H]3[C@](C)(C(c4ccccc4)CC[C@@]3(C)C(=O)O)[C@H]2CC1. The molecule has 3 aliphatic carbocycles. The minimum absolute atomic E-state index is 0.249. The van der Waals surface area contributed by atoms with Crippen molar-refractivity contribution in [1.29, 1.82) is 0 Å². The van der Waals surface area contributed by atoms with Crippen LogP contribution in [-0.2, 0) is 4.79 Å². The van der Waals surface area contributed by atoms with Crippen LogP contribution in [0.2, 0.25) is 0 Å². The van der Waals surface area contributed by atoms with Gasteiger partial charge in [-0.25, -0.2) is 0 Å². The van der Waals surface area contributed by atoms with Crippen molar-refractivity contribution in [3.05, 3.63) is 59.2 Å². The number of hydrogen-bond acceptors (Lipinski definition) is 2. The molecule has 0 bridgehead atoms. The number of aliphatic hydroxyl groups excluding tert-OH is 1. The van der Waals surface area contributed by atoms with Crippen molar-refractivity contribution in [2.45, 2.75) is 65.4 Å². The largest absolute Gasteiger partial charge is 0.481 e. The Morgan fingerprint density at radius 2 is 1.79 bits per heavy atom. The summed E-state index contributed by atoms with van der Waals surface area (Å²) < 4.78 is 0. The van der Waals surface area contributed by atoms with Gasteiger partial charge in [0.1, 0.15) is 0 Å². The van der Waals surface area contributed by atoms with Crippen molar-refractivity contribution in [3.8, 4) is 0 Å². The Morgan fingerprint density at radius 1 is 1.10 bits per heavy atom. The smallest absolute Gasteiger partial charge is 0.309 e. The number of carbonyl (C=O) groups is 1. The predicted molar refractivity (Wildman–Crippen MR) is 115 cm³/mol. The van der Waals surface area contributed by atoms with Crippen LogP contribution >= 0.6 is 0 Å². The van der Waals surface area contributed by atoms with Crippen molar-refractivity contribution >= 4 is 5.97 Å². The lowest BCUT2D eigenvalue weighted by Crippen LogP contribution is -2.60. The molecule has 29 heavy (non-hydrogen) atoms. The molecule has 2 unspecified atom stereocenters. The molecule has 3 aliphatic rings. The summed E-state index contributed by atoms with van der Waals surface area (Å²) in [5.41, 5.74) is 2.73. The zero-order valence-electron chi connectivity index (χ0n) is 18.1. The fourth-order valence-electron chi connectivity index (χ4n) is 6.92. The fraction of sp³-hybridized carbons (Fsp3) is 0.577. The van der Waals surface area contributed by atoms with E-state index in [-0.39, 0.29) is 23.2 Å². The van der Waals surface area contributed by atoms with Crippen molar-refractivity contribution in [3.63, 3.8) is 0 Å². The van der Waals surface area contributed by atoms with Crippen LogP contribution in [0.25, 0.3) is 0 Å². The molecular formula is C26H34O3. The summed E-state index contributed by atoms with van der Waals surface area (Å²) in [5, 5.41) is 21.5. The van der Waals surface area contributed by atoms with Gasteiger partial charge < -0.3 is 10.2 Å². The van der Waals surface area contributed by atoms with Gasteiger partial charge in [-0.2, -0.15) is 0 Å². The molecule has 0 spiro atoms.